The molecule has 0 aromatic heterocycles. The summed E-state index contributed by atoms with van der Waals surface area (Å²) < 4.78 is 5.13. The van der Waals surface area contributed by atoms with E-state index in [0.717, 1.165) is 12.5 Å². The molecule has 1 saturated carbocycles. The Labute approximate surface area is 123 Å². The number of hydrogen-bond donors (Lipinski definition) is 2. The van der Waals surface area contributed by atoms with Crippen LogP contribution in [0.4, 0.5) is 0 Å². The van der Waals surface area contributed by atoms with E-state index < -0.39 is 0 Å². The predicted octanol–water partition coefficient (Wildman–Crippen LogP) is 2.46. The summed E-state index contributed by atoms with van der Waals surface area (Å²) in [6.45, 7) is 3.47. The molecule has 1 aliphatic rings. The van der Waals surface area contributed by atoms with Gasteiger partial charge in [-0.25, -0.2) is 0 Å². The van der Waals surface area contributed by atoms with E-state index in [9.17, 15) is 4.79 Å². The number of rotatable bonds is 9. The molecule has 4 nitrogen and oxygen atoms in total. The van der Waals surface area contributed by atoms with Crippen molar-refractivity contribution in [3.05, 3.63) is 0 Å². The summed E-state index contributed by atoms with van der Waals surface area (Å²) in [6, 6.07) is 0. The molecule has 0 saturated heterocycles. The highest BCUT2D eigenvalue weighted by molar-refractivity contribution is 5.76. The molecule has 1 unspecified atom stereocenters. The second-order valence-corrected chi connectivity index (χ2v) is 6.13. The molecule has 20 heavy (non-hydrogen) atoms. The molecule has 0 aromatic carbocycles. The van der Waals surface area contributed by atoms with Crippen LogP contribution in [-0.2, 0) is 9.53 Å². The van der Waals surface area contributed by atoms with Crippen LogP contribution in [0, 0.1) is 11.8 Å². The Morgan fingerprint density at radius 1 is 1.30 bits per heavy atom. The van der Waals surface area contributed by atoms with Crippen LogP contribution in [0.15, 0.2) is 0 Å². The Morgan fingerprint density at radius 2 is 1.95 bits per heavy atom. The molecule has 1 atom stereocenters. The van der Waals surface area contributed by atoms with Crippen LogP contribution in [-0.4, -0.2) is 32.2 Å². The van der Waals surface area contributed by atoms with Crippen LogP contribution in [0.2, 0.25) is 0 Å². The Kier molecular flexibility index (Phi) is 8.86. The standard InChI is InChI=1S/C16H32N2O2/c1-3-4-5-13-6-8-14(9-7-13)12-18-16(19)10-15(11-17)20-2/h13-15H,3-12,17H2,1-2H3,(H,18,19). The number of ether oxygens (including phenoxy) is 1. The summed E-state index contributed by atoms with van der Waals surface area (Å²) >= 11 is 0. The van der Waals surface area contributed by atoms with Gasteiger partial charge in [0.15, 0.2) is 0 Å². The lowest BCUT2D eigenvalue weighted by atomic mass is 9.80. The Hall–Kier alpha value is -0.610. The molecule has 4 heteroatoms. The first-order chi connectivity index (χ1) is 9.69. The van der Waals surface area contributed by atoms with Crippen LogP contribution >= 0.6 is 0 Å². The Morgan fingerprint density at radius 3 is 2.50 bits per heavy atom. The van der Waals surface area contributed by atoms with Crippen molar-refractivity contribution in [3.63, 3.8) is 0 Å². The number of hydrogen-bond acceptors (Lipinski definition) is 3. The average Bonchev–Trinajstić information content (AvgIpc) is 2.49. The maximum absolute atomic E-state index is 11.8. The van der Waals surface area contributed by atoms with Crippen molar-refractivity contribution in [2.75, 3.05) is 20.2 Å². The third-order valence-electron chi connectivity index (χ3n) is 4.53. The third kappa shape index (κ3) is 6.71. The van der Waals surface area contributed by atoms with Crippen molar-refractivity contribution in [1.29, 1.82) is 0 Å². The van der Waals surface area contributed by atoms with Crippen molar-refractivity contribution in [1.82, 2.24) is 5.32 Å². The largest absolute Gasteiger partial charge is 0.380 e. The van der Waals surface area contributed by atoms with Gasteiger partial charge in [-0.15, -0.1) is 0 Å². The number of amides is 1. The van der Waals surface area contributed by atoms with E-state index in [0.29, 0.717) is 18.9 Å². The summed E-state index contributed by atoms with van der Waals surface area (Å²) in [4.78, 5) is 11.8. The summed E-state index contributed by atoms with van der Waals surface area (Å²) in [7, 11) is 1.60. The summed E-state index contributed by atoms with van der Waals surface area (Å²) in [5, 5.41) is 3.03. The van der Waals surface area contributed by atoms with Crippen LogP contribution in [0.25, 0.3) is 0 Å². The van der Waals surface area contributed by atoms with Gasteiger partial charge in [0.2, 0.25) is 5.91 Å². The normalized spacial score (nSPS) is 24.4. The number of methoxy groups -OCH3 is 1. The minimum Gasteiger partial charge on any atom is -0.380 e. The van der Waals surface area contributed by atoms with Crippen LogP contribution in [0.1, 0.15) is 58.3 Å². The van der Waals surface area contributed by atoms with E-state index in [1.54, 1.807) is 7.11 Å². The monoisotopic (exact) mass is 284 g/mol. The van der Waals surface area contributed by atoms with Crippen molar-refractivity contribution in [2.24, 2.45) is 17.6 Å². The zero-order valence-electron chi connectivity index (χ0n) is 13.2. The molecule has 0 bridgehead atoms. The van der Waals surface area contributed by atoms with Gasteiger partial charge >= 0.3 is 0 Å². The molecule has 3 N–H and O–H groups in total. The molecule has 1 aliphatic carbocycles. The molecule has 1 rings (SSSR count). The van der Waals surface area contributed by atoms with Gasteiger partial charge in [-0.05, 0) is 24.7 Å². The van der Waals surface area contributed by atoms with Gasteiger partial charge in [-0.1, -0.05) is 39.0 Å². The van der Waals surface area contributed by atoms with Gasteiger partial charge in [0.1, 0.15) is 0 Å². The van der Waals surface area contributed by atoms with E-state index in [4.69, 9.17) is 10.5 Å². The van der Waals surface area contributed by atoms with Crippen LogP contribution < -0.4 is 11.1 Å². The minimum absolute atomic E-state index is 0.0652. The van der Waals surface area contributed by atoms with Crippen molar-refractivity contribution >= 4 is 5.91 Å². The number of unbranched alkanes of at least 4 members (excludes halogenated alkanes) is 1. The number of nitrogens with one attached hydrogen (secondary N) is 1. The van der Waals surface area contributed by atoms with Gasteiger partial charge < -0.3 is 15.8 Å². The average molecular weight is 284 g/mol. The molecule has 118 valence electrons. The lowest BCUT2D eigenvalue weighted by Crippen LogP contribution is -2.35. The highest BCUT2D eigenvalue weighted by Crippen LogP contribution is 2.31. The molecule has 1 amide bonds. The lowest BCUT2D eigenvalue weighted by molar-refractivity contribution is -0.123. The highest BCUT2D eigenvalue weighted by Gasteiger charge is 2.21. The molecule has 0 radical (unpaired) electrons. The second-order valence-electron chi connectivity index (χ2n) is 6.13. The summed E-state index contributed by atoms with van der Waals surface area (Å²) in [5.74, 6) is 1.66. The second kappa shape index (κ2) is 10.2. The van der Waals surface area contributed by atoms with Crippen LogP contribution in [0.3, 0.4) is 0 Å². The van der Waals surface area contributed by atoms with Gasteiger partial charge in [-0.2, -0.15) is 0 Å². The van der Waals surface area contributed by atoms with E-state index in [-0.39, 0.29) is 12.0 Å². The van der Waals surface area contributed by atoms with E-state index >= 15 is 0 Å². The summed E-state index contributed by atoms with van der Waals surface area (Å²) in [6.07, 6.45) is 9.48. The fourth-order valence-corrected chi connectivity index (χ4v) is 3.02. The maximum Gasteiger partial charge on any atom is 0.222 e. The summed E-state index contributed by atoms with van der Waals surface area (Å²) in [5.41, 5.74) is 5.52. The molecular weight excluding hydrogens is 252 g/mol. The fraction of sp³-hybridized carbons (Fsp3) is 0.938. The molecular formula is C16H32N2O2. The molecule has 0 heterocycles. The first kappa shape index (κ1) is 17.4. The first-order valence-corrected chi connectivity index (χ1v) is 8.19. The Balaban J connectivity index is 2.13. The minimum atomic E-state index is -0.153. The van der Waals surface area contributed by atoms with Crippen molar-refractivity contribution < 1.29 is 9.53 Å². The predicted molar refractivity (Wildman–Crippen MR) is 82.5 cm³/mol. The smallest absolute Gasteiger partial charge is 0.222 e. The van der Waals surface area contributed by atoms with E-state index in [2.05, 4.69) is 12.2 Å². The molecule has 0 aliphatic heterocycles. The SMILES string of the molecule is CCCCC1CCC(CNC(=O)CC(CN)OC)CC1. The number of nitrogens with two attached hydrogens (primary N) is 1. The van der Waals surface area contributed by atoms with Crippen molar-refractivity contribution in [3.8, 4) is 0 Å². The quantitative estimate of drug-likeness (QED) is 0.683. The van der Waals surface area contributed by atoms with Gasteiger partial charge in [0, 0.05) is 20.2 Å². The fourth-order valence-electron chi connectivity index (χ4n) is 3.02. The zero-order valence-corrected chi connectivity index (χ0v) is 13.2. The molecule has 1 fully saturated rings. The molecule has 0 aromatic rings. The van der Waals surface area contributed by atoms with E-state index in [1.807, 2.05) is 0 Å². The van der Waals surface area contributed by atoms with Gasteiger partial charge in [0.05, 0.1) is 12.5 Å². The van der Waals surface area contributed by atoms with Gasteiger partial charge in [-0.3, -0.25) is 4.79 Å². The van der Waals surface area contributed by atoms with Gasteiger partial charge in [0.25, 0.3) is 0 Å². The zero-order chi connectivity index (χ0) is 14.8. The third-order valence-corrected chi connectivity index (χ3v) is 4.53. The maximum atomic E-state index is 11.8. The topological polar surface area (TPSA) is 64.4 Å². The van der Waals surface area contributed by atoms with E-state index in [1.165, 1.54) is 44.9 Å². The van der Waals surface area contributed by atoms with Crippen molar-refractivity contribution in [2.45, 2.75) is 64.4 Å². The highest BCUT2D eigenvalue weighted by atomic mass is 16.5. The number of carbonyl (C=O) groups is 1. The lowest BCUT2D eigenvalue weighted by Gasteiger charge is -2.28. The number of carbonyl (C=O) groups excluding carboxylic acids is 1. The molecule has 0 spiro atoms. The van der Waals surface area contributed by atoms with Crippen LogP contribution in [0.5, 0.6) is 0 Å². The first-order valence-electron chi connectivity index (χ1n) is 8.19. The Bertz CT molecular complexity index is 259.